The molecule has 1 aromatic heterocycles. The van der Waals surface area contributed by atoms with Crippen LogP contribution in [0.1, 0.15) is 27.0 Å². The Morgan fingerprint density at radius 3 is 2.59 bits per heavy atom. The van der Waals surface area contributed by atoms with Crippen molar-refractivity contribution < 1.29 is 19.7 Å². The van der Waals surface area contributed by atoms with E-state index in [9.17, 15) is 15.0 Å². The van der Waals surface area contributed by atoms with E-state index in [1.807, 2.05) is 42.1 Å². The lowest BCUT2D eigenvalue weighted by atomic mass is 10.0. The minimum Gasteiger partial charge on any atom is -0.507 e. The van der Waals surface area contributed by atoms with Gasteiger partial charge in [0.1, 0.15) is 23.7 Å². The lowest BCUT2D eigenvalue weighted by Crippen LogP contribution is -2.11. The SMILES string of the molecule is Cc1cc(Cl)c(O)c(Cc2ccc(C(=O)OCCn3cccc3)c(O)c2)c1. The average molecular weight is 386 g/mol. The molecule has 0 unspecified atom stereocenters. The molecule has 0 spiro atoms. The van der Waals surface area contributed by atoms with Crippen molar-refractivity contribution in [2.75, 3.05) is 6.61 Å². The van der Waals surface area contributed by atoms with Crippen molar-refractivity contribution in [1.82, 2.24) is 4.57 Å². The van der Waals surface area contributed by atoms with Crippen LogP contribution in [0.15, 0.2) is 54.9 Å². The second kappa shape index (κ2) is 8.18. The van der Waals surface area contributed by atoms with Crippen LogP contribution in [-0.4, -0.2) is 27.4 Å². The smallest absolute Gasteiger partial charge is 0.341 e. The summed E-state index contributed by atoms with van der Waals surface area (Å²) in [6.45, 7) is 2.65. The summed E-state index contributed by atoms with van der Waals surface area (Å²) < 4.78 is 7.11. The van der Waals surface area contributed by atoms with Crippen LogP contribution < -0.4 is 0 Å². The van der Waals surface area contributed by atoms with Gasteiger partial charge in [0, 0.05) is 24.4 Å². The normalized spacial score (nSPS) is 10.7. The van der Waals surface area contributed by atoms with Gasteiger partial charge in [-0.3, -0.25) is 0 Å². The molecule has 3 rings (SSSR count). The van der Waals surface area contributed by atoms with Gasteiger partial charge in [0.2, 0.25) is 0 Å². The number of aryl methyl sites for hydroxylation is 1. The Labute approximate surface area is 162 Å². The van der Waals surface area contributed by atoms with E-state index in [0.29, 0.717) is 18.5 Å². The molecule has 6 heteroatoms. The summed E-state index contributed by atoms with van der Waals surface area (Å²) >= 11 is 6.01. The minimum atomic E-state index is -0.576. The van der Waals surface area contributed by atoms with Gasteiger partial charge in [-0.15, -0.1) is 0 Å². The van der Waals surface area contributed by atoms with Crippen molar-refractivity contribution in [3.8, 4) is 11.5 Å². The molecule has 1 heterocycles. The number of phenolic OH excluding ortho intramolecular Hbond substituents is 2. The molecule has 0 saturated heterocycles. The molecule has 0 aliphatic carbocycles. The molecular formula is C21H20ClNO4. The van der Waals surface area contributed by atoms with Crippen molar-refractivity contribution in [1.29, 1.82) is 0 Å². The number of hydrogen-bond donors (Lipinski definition) is 2. The van der Waals surface area contributed by atoms with E-state index in [1.54, 1.807) is 12.1 Å². The third kappa shape index (κ3) is 4.63. The highest BCUT2D eigenvalue weighted by molar-refractivity contribution is 6.32. The van der Waals surface area contributed by atoms with Gasteiger partial charge in [-0.25, -0.2) is 4.79 Å². The number of carbonyl (C=O) groups excluding carboxylic acids is 1. The first-order valence-electron chi connectivity index (χ1n) is 8.52. The number of phenols is 2. The zero-order valence-electron chi connectivity index (χ0n) is 14.9. The maximum absolute atomic E-state index is 12.2. The summed E-state index contributed by atoms with van der Waals surface area (Å²) in [6.07, 6.45) is 4.14. The topological polar surface area (TPSA) is 71.7 Å². The Hall–Kier alpha value is -2.92. The molecule has 140 valence electrons. The number of aromatic hydroxyl groups is 2. The van der Waals surface area contributed by atoms with Crippen LogP contribution in [0.2, 0.25) is 5.02 Å². The first-order chi connectivity index (χ1) is 12.9. The Bertz CT molecular complexity index is 951. The van der Waals surface area contributed by atoms with Crippen LogP contribution in [-0.2, 0) is 17.7 Å². The summed E-state index contributed by atoms with van der Waals surface area (Å²) in [5.41, 5.74) is 2.44. The number of hydrogen-bond acceptors (Lipinski definition) is 4. The number of nitrogens with zero attached hydrogens (tertiary/aromatic N) is 1. The molecule has 0 fully saturated rings. The third-order valence-electron chi connectivity index (χ3n) is 4.21. The van der Waals surface area contributed by atoms with Crippen molar-refractivity contribution >= 4 is 17.6 Å². The summed E-state index contributed by atoms with van der Waals surface area (Å²) in [4.78, 5) is 12.2. The van der Waals surface area contributed by atoms with Crippen molar-refractivity contribution in [3.05, 3.63) is 82.1 Å². The van der Waals surface area contributed by atoms with E-state index in [-0.39, 0.29) is 28.7 Å². The predicted molar refractivity (Wildman–Crippen MR) is 103 cm³/mol. The zero-order valence-corrected chi connectivity index (χ0v) is 15.6. The van der Waals surface area contributed by atoms with Crippen LogP contribution in [0.3, 0.4) is 0 Å². The highest BCUT2D eigenvalue weighted by Crippen LogP contribution is 2.31. The fourth-order valence-electron chi connectivity index (χ4n) is 2.86. The lowest BCUT2D eigenvalue weighted by Gasteiger charge is -2.10. The second-order valence-electron chi connectivity index (χ2n) is 6.34. The Morgan fingerprint density at radius 1 is 1.15 bits per heavy atom. The first kappa shape index (κ1) is 18.9. The zero-order chi connectivity index (χ0) is 19.4. The van der Waals surface area contributed by atoms with E-state index in [4.69, 9.17) is 16.3 Å². The number of rotatable bonds is 6. The largest absolute Gasteiger partial charge is 0.507 e. The van der Waals surface area contributed by atoms with Crippen LogP contribution in [0, 0.1) is 6.92 Å². The number of halogens is 1. The number of aromatic nitrogens is 1. The van der Waals surface area contributed by atoms with E-state index < -0.39 is 5.97 Å². The van der Waals surface area contributed by atoms with E-state index in [0.717, 1.165) is 11.1 Å². The molecule has 0 atom stereocenters. The fourth-order valence-corrected chi connectivity index (χ4v) is 3.16. The Balaban J connectivity index is 1.67. The summed E-state index contributed by atoms with van der Waals surface area (Å²) in [5, 5.41) is 20.6. The number of esters is 1. The number of ether oxygens (including phenoxy) is 1. The molecule has 0 aliphatic heterocycles. The molecule has 0 saturated carbocycles. The van der Waals surface area contributed by atoms with Gasteiger partial charge in [-0.1, -0.05) is 23.7 Å². The molecule has 3 aromatic rings. The predicted octanol–water partition coefficient (Wildman–Crippen LogP) is 4.31. The fraction of sp³-hybridized carbons (Fsp3) is 0.190. The van der Waals surface area contributed by atoms with Crippen molar-refractivity contribution in [3.63, 3.8) is 0 Å². The van der Waals surface area contributed by atoms with Crippen LogP contribution in [0.25, 0.3) is 0 Å². The van der Waals surface area contributed by atoms with Gasteiger partial charge >= 0.3 is 5.97 Å². The van der Waals surface area contributed by atoms with Gasteiger partial charge in [-0.05, 0) is 48.4 Å². The Morgan fingerprint density at radius 2 is 1.89 bits per heavy atom. The monoisotopic (exact) mass is 385 g/mol. The molecular weight excluding hydrogens is 366 g/mol. The second-order valence-corrected chi connectivity index (χ2v) is 6.75. The van der Waals surface area contributed by atoms with Crippen LogP contribution in [0.5, 0.6) is 11.5 Å². The van der Waals surface area contributed by atoms with Crippen molar-refractivity contribution in [2.45, 2.75) is 19.9 Å². The highest BCUT2D eigenvalue weighted by atomic mass is 35.5. The Kier molecular flexibility index (Phi) is 5.72. The summed E-state index contributed by atoms with van der Waals surface area (Å²) in [5.74, 6) is -0.709. The molecule has 27 heavy (non-hydrogen) atoms. The molecule has 2 aromatic carbocycles. The van der Waals surface area contributed by atoms with E-state index >= 15 is 0 Å². The van der Waals surface area contributed by atoms with E-state index in [2.05, 4.69) is 0 Å². The van der Waals surface area contributed by atoms with Gasteiger partial charge < -0.3 is 19.5 Å². The van der Waals surface area contributed by atoms with Crippen LogP contribution in [0.4, 0.5) is 0 Å². The maximum Gasteiger partial charge on any atom is 0.341 e. The third-order valence-corrected chi connectivity index (χ3v) is 4.50. The molecule has 0 aliphatic rings. The van der Waals surface area contributed by atoms with Gasteiger partial charge in [0.25, 0.3) is 0 Å². The first-order valence-corrected chi connectivity index (χ1v) is 8.89. The standard InChI is InChI=1S/C21H20ClNO4/c1-14-10-16(20(25)18(22)11-14)12-15-4-5-17(19(24)13-15)21(26)27-9-8-23-6-2-3-7-23/h2-7,10-11,13,24-25H,8-9,12H2,1H3. The van der Waals surface area contributed by atoms with E-state index in [1.165, 1.54) is 12.1 Å². The number of benzene rings is 2. The molecule has 2 N–H and O–H groups in total. The van der Waals surface area contributed by atoms with Gasteiger partial charge in [0.05, 0.1) is 11.6 Å². The minimum absolute atomic E-state index is 0.0234. The molecule has 0 amide bonds. The average Bonchev–Trinajstić information content (AvgIpc) is 3.12. The van der Waals surface area contributed by atoms with Gasteiger partial charge in [-0.2, -0.15) is 0 Å². The van der Waals surface area contributed by atoms with Crippen LogP contribution >= 0.6 is 11.6 Å². The quantitative estimate of drug-likeness (QED) is 0.620. The van der Waals surface area contributed by atoms with Gasteiger partial charge in [0.15, 0.2) is 0 Å². The summed E-state index contributed by atoms with van der Waals surface area (Å²) in [7, 11) is 0. The lowest BCUT2D eigenvalue weighted by molar-refractivity contribution is 0.0488. The molecule has 0 radical (unpaired) electrons. The van der Waals surface area contributed by atoms with Crippen molar-refractivity contribution in [2.24, 2.45) is 0 Å². The highest BCUT2D eigenvalue weighted by Gasteiger charge is 2.14. The molecule has 0 bridgehead atoms. The maximum atomic E-state index is 12.2. The number of carbonyl (C=O) groups is 1. The summed E-state index contributed by atoms with van der Waals surface area (Å²) in [6, 6.07) is 12.1. The molecule has 5 nitrogen and oxygen atoms in total.